The molecule has 4 heteroatoms. The number of hydrogen-bond acceptors (Lipinski definition) is 3. The normalized spacial score (nSPS) is 15.8. The van der Waals surface area contributed by atoms with Crippen molar-refractivity contribution >= 4 is 28.8 Å². The molecular weight excluding hydrogens is 300 g/mol. The first kappa shape index (κ1) is 14.5. The van der Waals surface area contributed by atoms with Crippen LogP contribution in [0.3, 0.4) is 0 Å². The predicted octanol–water partition coefficient (Wildman–Crippen LogP) is 3.83. The number of aryl methyl sites for hydroxylation is 2. The zero-order valence-corrected chi connectivity index (χ0v) is 13.5. The maximum absolute atomic E-state index is 12.2. The molecule has 118 valence electrons. The minimum atomic E-state index is -0.418. The Morgan fingerprint density at radius 3 is 2.62 bits per heavy atom. The molecule has 0 spiro atoms. The van der Waals surface area contributed by atoms with Crippen LogP contribution in [0.5, 0.6) is 0 Å². The van der Waals surface area contributed by atoms with Crippen molar-refractivity contribution in [3.8, 4) is 0 Å². The standard InChI is InChI=1S/C20H16N2O2/c1-13-7-9-14(10-8-13)19-21-17(20(23)24-19)11-15-12-22(2)18-6-4-3-5-16(15)18/h3-12H,1-2H3/b17-11+. The fourth-order valence-electron chi connectivity index (χ4n) is 2.86. The topological polar surface area (TPSA) is 43.6 Å². The van der Waals surface area contributed by atoms with Crippen molar-refractivity contribution in [3.05, 3.63) is 77.1 Å². The Hall–Kier alpha value is -3.14. The van der Waals surface area contributed by atoms with E-state index in [9.17, 15) is 4.79 Å². The van der Waals surface area contributed by atoms with Crippen LogP contribution in [0.2, 0.25) is 0 Å². The molecule has 0 saturated heterocycles. The van der Waals surface area contributed by atoms with Gasteiger partial charge in [-0.15, -0.1) is 0 Å². The van der Waals surface area contributed by atoms with Crippen molar-refractivity contribution in [2.75, 3.05) is 0 Å². The molecule has 0 amide bonds. The molecule has 0 radical (unpaired) electrons. The van der Waals surface area contributed by atoms with Gasteiger partial charge in [0.2, 0.25) is 5.90 Å². The SMILES string of the molecule is Cc1ccc(C2=N/C(=C/c3cn(C)c4ccccc34)C(=O)O2)cc1. The van der Waals surface area contributed by atoms with Gasteiger partial charge < -0.3 is 9.30 Å². The van der Waals surface area contributed by atoms with Crippen molar-refractivity contribution in [2.24, 2.45) is 12.0 Å². The molecule has 1 aliphatic rings. The first-order chi connectivity index (χ1) is 11.6. The number of esters is 1. The number of nitrogens with zero attached hydrogens (tertiary/aromatic N) is 2. The van der Waals surface area contributed by atoms with Crippen molar-refractivity contribution in [3.63, 3.8) is 0 Å². The molecule has 24 heavy (non-hydrogen) atoms. The fraction of sp³-hybridized carbons (Fsp3) is 0.100. The van der Waals surface area contributed by atoms with Crippen LogP contribution >= 0.6 is 0 Å². The van der Waals surface area contributed by atoms with E-state index < -0.39 is 5.97 Å². The third-order valence-electron chi connectivity index (χ3n) is 4.14. The lowest BCUT2D eigenvalue weighted by Crippen LogP contribution is -2.05. The third kappa shape index (κ3) is 2.42. The maximum atomic E-state index is 12.2. The number of aromatic nitrogens is 1. The van der Waals surface area contributed by atoms with Crippen LogP contribution in [0.4, 0.5) is 0 Å². The van der Waals surface area contributed by atoms with E-state index in [-0.39, 0.29) is 0 Å². The zero-order chi connectivity index (χ0) is 16.7. The second-order valence-corrected chi connectivity index (χ2v) is 5.91. The van der Waals surface area contributed by atoms with Gasteiger partial charge in [0.05, 0.1) is 0 Å². The molecule has 0 unspecified atom stereocenters. The number of aliphatic imine (C=N–C) groups is 1. The Labute approximate surface area is 139 Å². The Morgan fingerprint density at radius 2 is 1.83 bits per heavy atom. The smallest absolute Gasteiger partial charge is 0.363 e. The molecule has 2 aromatic carbocycles. The van der Waals surface area contributed by atoms with Crippen molar-refractivity contribution < 1.29 is 9.53 Å². The second kappa shape index (κ2) is 5.49. The average Bonchev–Trinajstić information content (AvgIpc) is 3.10. The van der Waals surface area contributed by atoms with Gasteiger partial charge in [-0.3, -0.25) is 0 Å². The highest BCUT2D eigenvalue weighted by Crippen LogP contribution is 2.25. The van der Waals surface area contributed by atoms with Crippen LogP contribution in [0.15, 0.2) is 65.4 Å². The molecular formula is C20H16N2O2. The summed E-state index contributed by atoms with van der Waals surface area (Å²) in [6, 6.07) is 15.8. The van der Waals surface area contributed by atoms with Gasteiger partial charge in [0.15, 0.2) is 5.70 Å². The van der Waals surface area contributed by atoms with Crippen molar-refractivity contribution in [1.82, 2.24) is 4.57 Å². The largest absolute Gasteiger partial charge is 0.402 e. The van der Waals surface area contributed by atoms with Gasteiger partial charge in [-0.2, -0.15) is 0 Å². The minimum absolute atomic E-state index is 0.321. The summed E-state index contributed by atoms with van der Waals surface area (Å²) in [6.45, 7) is 2.01. The van der Waals surface area contributed by atoms with E-state index in [0.717, 1.165) is 27.6 Å². The molecule has 0 N–H and O–H groups in total. The van der Waals surface area contributed by atoms with Gasteiger partial charge in [-0.1, -0.05) is 35.9 Å². The van der Waals surface area contributed by atoms with E-state index in [1.807, 2.05) is 73.3 Å². The van der Waals surface area contributed by atoms with Gasteiger partial charge in [0.1, 0.15) is 0 Å². The summed E-state index contributed by atoms with van der Waals surface area (Å²) in [5, 5.41) is 1.08. The molecule has 0 atom stereocenters. The van der Waals surface area contributed by atoms with Crippen LogP contribution < -0.4 is 0 Å². The molecule has 0 aliphatic carbocycles. The fourth-order valence-corrected chi connectivity index (χ4v) is 2.86. The Bertz CT molecular complexity index is 1010. The second-order valence-electron chi connectivity index (χ2n) is 5.91. The first-order valence-electron chi connectivity index (χ1n) is 7.75. The molecule has 0 fully saturated rings. The molecule has 0 saturated carbocycles. The van der Waals surface area contributed by atoms with Crippen LogP contribution in [0.25, 0.3) is 17.0 Å². The predicted molar refractivity (Wildman–Crippen MR) is 94.7 cm³/mol. The Kier molecular flexibility index (Phi) is 3.31. The van der Waals surface area contributed by atoms with Crippen molar-refractivity contribution in [1.29, 1.82) is 0 Å². The number of carbonyl (C=O) groups excluding carboxylic acids is 1. The number of fused-ring (bicyclic) bond motifs is 1. The third-order valence-corrected chi connectivity index (χ3v) is 4.14. The monoisotopic (exact) mass is 316 g/mol. The summed E-state index contributed by atoms with van der Waals surface area (Å²) in [5.74, 6) is -0.0648. The summed E-state index contributed by atoms with van der Waals surface area (Å²) < 4.78 is 7.36. The number of para-hydroxylation sites is 1. The Balaban J connectivity index is 1.76. The number of rotatable bonds is 2. The number of carbonyl (C=O) groups is 1. The van der Waals surface area contributed by atoms with Crippen LogP contribution in [0.1, 0.15) is 16.7 Å². The minimum Gasteiger partial charge on any atom is -0.402 e. The molecule has 0 bridgehead atoms. The van der Waals surface area contributed by atoms with E-state index in [1.165, 1.54) is 0 Å². The molecule has 3 aromatic rings. The van der Waals surface area contributed by atoms with Crippen LogP contribution in [-0.2, 0) is 16.6 Å². The number of benzene rings is 2. The van der Waals surface area contributed by atoms with Gasteiger partial charge in [-0.25, -0.2) is 9.79 Å². The molecule has 4 nitrogen and oxygen atoms in total. The van der Waals surface area contributed by atoms with E-state index in [0.29, 0.717) is 11.6 Å². The van der Waals surface area contributed by atoms with Gasteiger partial charge >= 0.3 is 5.97 Å². The average molecular weight is 316 g/mol. The quantitative estimate of drug-likeness (QED) is 0.533. The van der Waals surface area contributed by atoms with Crippen LogP contribution in [-0.4, -0.2) is 16.4 Å². The molecule has 4 rings (SSSR count). The number of cyclic esters (lactones) is 1. The summed E-state index contributed by atoms with van der Waals surface area (Å²) in [7, 11) is 1.98. The molecule has 1 aliphatic heterocycles. The number of ether oxygens (including phenoxy) is 1. The van der Waals surface area contributed by atoms with Crippen molar-refractivity contribution in [2.45, 2.75) is 6.92 Å². The lowest BCUT2D eigenvalue weighted by molar-refractivity contribution is -0.129. The van der Waals surface area contributed by atoms with E-state index in [1.54, 1.807) is 6.08 Å². The maximum Gasteiger partial charge on any atom is 0.363 e. The lowest BCUT2D eigenvalue weighted by Gasteiger charge is -1.99. The Morgan fingerprint density at radius 1 is 1.08 bits per heavy atom. The number of hydrogen-bond donors (Lipinski definition) is 0. The summed E-state index contributed by atoms with van der Waals surface area (Å²) in [5.41, 5.74) is 4.33. The van der Waals surface area contributed by atoms with E-state index >= 15 is 0 Å². The van der Waals surface area contributed by atoms with E-state index in [2.05, 4.69) is 4.99 Å². The van der Waals surface area contributed by atoms with Gasteiger partial charge in [-0.05, 0) is 31.2 Å². The lowest BCUT2D eigenvalue weighted by atomic mass is 10.1. The van der Waals surface area contributed by atoms with Gasteiger partial charge in [0, 0.05) is 35.3 Å². The summed E-state index contributed by atoms with van der Waals surface area (Å²) in [4.78, 5) is 16.5. The molecule has 1 aromatic heterocycles. The van der Waals surface area contributed by atoms with E-state index in [4.69, 9.17) is 4.74 Å². The zero-order valence-electron chi connectivity index (χ0n) is 13.5. The highest BCUT2D eigenvalue weighted by molar-refractivity contribution is 6.13. The van der Waals surface area contributed by atoms with Gasteiger partial charge in [0.25, 0.3) is 0 Å². The molecule has 2 heterocycles. The summed E-state index contributed by atoms with van der Waals surface area (Å²) in [6.07, 6.45) is 3.77. The highest BCUT2D eigenvalue weighted by atomic mass is 16.6. The van der Waals surface area contributed by atoms with Crippen LogP contribution in [0, 0.1) is 6.92 Å². The highest BCUT2D eigenvalue weighted by Gasteiger charge is 2.24. The first-order valence-corrected chi connectivity index (χ1v) is 7.75. The summed E-state index contributed by atoms with van der Waals surface area (Å²) >= 11 is 0.